The molecule has 0 aromatic heterocycles. The minimum atomic E-state index is -1.41. The van der Waals surface area contributed by atoms with E-state index in [1.807, 2.05) is 48.6 Å². The molecule has 2 amide bonds. The Hall–Kier alpha value is -3.72. The van der Waals surface area contributed by atoms with Gasteiger partial charge in [-0.3, -0.25) is 22.9 Å². The third-order valence-electron chi connectivity index (χ3n) is 11.4. The molecule has 2 aromatic carbocycles. The molecule has 14 nitrogen and oxygen atoms in total. The van der Waals surface area contributed by atoms with E-state index in [1.165, 1.54) is 43.9 Å². The van der Waals surface area contributed by atoms with Gasteiger partial charge in [0.1, 0.15) is 0 Å². The van der Waals surface area contributed by atoms with Gasteiger partial charge in [-0.05, 0) is 106 Å². The molecule has 66 heavy (non-hydrogen) atoms. The lowest BCUT2D eigenvalue weighted by atomic mass is 9.74. The van der Waals surface area contributed by atoms with Crippen LogP contribution in [0.5, 0.6) is 0 Å². The Bertz CT molecular complexity index is 2130. The maximum absolute atomic E-state index is 12.4. The molecule has 0 radical (unpaired) electrons. The molecule has 4 unspecified atom stereocenters. The van der Waals surface area contributed by atoms with Crippen LogP contribution >= 0.6 is 24.1 Å². The number of ether oxygens (including phenoxy) is 1. The number of carbonyl (C=O) groups is 3. The number of nitrogens with zero attached hydrogens (tertiary/aromatic N) is 3. The molecule has 0 N–H and O–H groups in total. The van der Waals surface area contributed by atoms with Crippen molar-refractivity contribution in [3.63, 3.8) is 0 Å². The number of benzene rings is 2. The fourth-order valence-corrected chi connectivity index (χ4v) is 10.1. The Balaban J connectivity index is 1.61. The lowest BCUT2D eigenvalue weighted by Gasteiger charge is -2.31. The van der Waals surface area contributed by atoms with Crippen LogP contribution in [0.25, 0.3) is 0 Å². The molecule has 0 saturated carbocycles. The van der Waals surface area contributed by atoms with Gasteiger partial charge in [-0.15, -0.1) is 5.06 Å². The van der Waals surface area contributed by atoms with Crippen molar-refractivity contribution in [2.24, 2.45) is 4.99 Å². The van der Waals surface area contributed by atoms with E-state index in [0.29, 0.717) is 74.8 Å². The summed E-state index contributed by atoms with van der Waals surface area (Å²) in [7, 11) is 7.89. The van der Waals surface area contributed by atoms with Crippen LogP contribution in [0.2, 0.25) is 0 Å². The SMILES string of the molecule is COCCN1/C(=C/C=C/C=C/C=C/C(=N\CCCCCC(=O)ON2C(=O)CCC2=O)C(C)(CCCS(=O)OC)c2cccc(SOC)c2)C(C)(CCCS(=O)OC)c2cc(SOC)ccc21. The third-order valence-corrected chi connectivity index (χ3v) is 14.7. The van der Waals surface area contributed by atoms with Gasteiger partial charge in [-0.25, -0.2) is 13.2 Å². The Labute approximate surface area is 404 Å². The summed E-state index contributed by atoms with van der Waals surface area (Å²) in [6.45, 7) is 6.05. The number of carbonyl (C=O) groups excluding carboxylic acids is 3. The first-order valence-electron chi connectivity index (χ1n) is 22.0. The van der Waals surface area contributed by atoms with Crippen molar-refractivity contribution in [1.29, 1.82) is 0 Å². The minimum absolute atomic E-state index is 0.0485. The fraction of sp³-hybridized carbons (Fsp3) is 0.500. The zero-order valence-electron chi connectivity index (χ0n) is 39.2. The average molecular weight is 988 g/mol. The summed E-state index contributed by atoms with van der Waals surface area (Å²) in [5, 5.41) is 0.579. The molecule has 2 aliphatic heterocycles. The second-order valence-electron chi connectivity index (χ2n) is 15.9. The Morgan fingerprint density at radius 1 is 0.833 bits per heavy atom. The van der Waals surface area contributed by atoms with Crippen molar-refractivity contribution in [2.45, 2.75) is 98.7 Å². The molecular formula is C48H65N3O11S4. The van der Waals surface area contributed by atoms with Crippen molar-refractivity contribution in [1.82, 2.24) is 5.06 Å². The van der Waals surface area contributed by atoms with Gasteiger partial charge in [0.25, 0.3) is 11.8 Å². The van der Waals surface area contributed by atoms with E-state index < -0.39 is 45.4 Å². The largest absolute Gasteiger partial charge is 0.383 e. The average Bonchev–Trinajstić information content (AvgIpc) is 3.74. The first-order chi connectivity index (χ1) is 31.8. The zero-order valence-corrected chi connectivity index (χ0v) is 42.4. The summed E-state index contributed by atoms with van der Waals surface area (Å²) >= 11 is -0.171. The fourth-order valence-electron chi connectivity index (χ4n) is 7.99. The highest BCUT2D eigenvalue weighted by atomic mass is 32.2. The number of hydrogen-bond acceptors (Lipinski definition) is 15. The van der Waals surface area contributed by atoms with Gasteiger partial charge >= 0.3 is 5.97 Å². The predicted octanol–water partition coefficient (Wildman–Crippen LogP) is 9.02. The zero-order chi connectivity index (χ0) is 48.0. The lowest BCUT2D eigenvalue weighted by molar-refractivity contribution is -0.197. The number of imide groups is 1. The van der Waals surface area contributed by atoms with Crippen molar-refractivity contribution < 1.29 is 49.1 Å². The summed E-state index contributed by atoms with van der Waals surface area (Å²) in [6.07, 6.45) is 18.8. The standard InChI is InChI=1S/C48H65N3O11S4/c1-47(28-17-33-65(55)60-6,37-19-16-20-38(35-37)63-58-4)42(49-30-15-11-14-23-46(54)62-51-44(52)26-27-45(51)53)21-12-9-8-10-13-22-43-48(2,29-18-34-66(56)61-7)40-36-39(64-59-5)24-25-41(40)50(43)31-32-57-3/h8-10,12-13,16,19-22,24-25,35-36H,11,14-15,17-18,23,26-34H2,1-7H3/b9-8+,13-10+,21-12+,43-22+,49-42+. The smallest absolute Gasteiger partial charge is 0.333 e. The number of hydroxylamine groups is 2. The molecule has 362 valence electrons. The maximum atomic E-state index is 12.4. The van der Waals surface area contributed by atoms with Crippen molar-refractivity contribution in [3.8, 4) is 0 Å². The number of aliphatic imine (C=N–C) groups is 1. The van der Waals surface area contributed by atoms with Crippen LogP contribution in [0, 0.1) is 0 Å². The van der Waals surface area contributed by atoms with E-state index in [4.69, 9.17) is 31.3 Å². The van der Waals surface area contributed by atoms with Gasteiger partial charge < -0.3 is 22.8 Å². The second kappa shape index (κ2) is 28.6. The molecular weight excluding hydrogens is 923 g/mol. The van der Waals surface area contributed by atoms with Crippen LogP contribution in [0.3, 0.4) is 0 Å². The van der Waals surface area contributed by atoms with Crippen LogP contribution in [-0.2, 0) is 73.7 Å². The van der Waals surface area contributed by atoms with E-state index in [-0.39, 0.29) is 24.7 Å². The van der Waals surface area contributed by atoms with E-state index >= 15 is 0 Å². The van der Waals surface area contributed by atoms with E-state index in [1.54, 1.807) is 21.3 Å². The van der Waals surface area contributed by atoms with Crippen LogP contribution in [0.1, 0.15) is 89.2 Å². The predicted molar refractivity (Wildman–Crippen MR) is 264 cm³/mol. The number of fused-ring (bicyclic) bond motifs is 1. The highest BCUT2D eigenvalue weighted by Crippen LogP contribution is 2.51. The molecule has 0 aliphatic carbocycles. The topological polar surface area (TPSA) is 160 Å². The Morgan fingerprint density at radius 3 is 2.18 bits per heavy atom. The second-order valence-corrected chi connectivity index (χ2v) is 20.5. The minimum Gasteiger partial charge on any atom is -0.383 e. The maximum Gasteiger partial charge on any atom is 0.333 e. The summed E-state index contributed by atoms with van der Waals surface area (Å²) < 4.78 is 51.1. The Morgan fingerprint density at radius 2 is 1.50 bits per heavy atom. The summed E-state index contributed by atoms with van der Waals surface area (Å²) in [6, 6.07) is 14.5. The lowest BCUT2D eigenvalue weighted by Crippen LogP contribution is -2.32. The first kappa shape index (κ1) is 54.9. The van der Waals surface area contributed by atoms with Gasteiger partial charge in [-0.1, -0.05) is 48.9 Å². The van der Waals surface area contributed by atoms with Crippen molar-refractivity contribution >= 4 is 75.4 Å². The number of methoxy groups -OCH3 is 1. The van der Waals surface area contributed by atoms with E-state index in [9.17, 15) is 22.8 Å². The number of hydrogen-bond donors (Lipinski definition) is 0. The third kappa shape index (κ3) is 15.9. The molecule has 2 aromatic rings. The number of rotatable bonds is 30. The number of unbranched alkanes of at least 4 members (excludes halogenated alkanes) is 2. The molecule has 0 spiro atoms. The first-order valence-corrected chi connectivity index (χ1v) is 25.9. The van der Waals surface area contributed by atoms with Gasteiger partial charge in [-0.2, -0.15) is 0 Å². The van der Waals surface area contributed by atoms with E-state index in [2.05, 4.69) is 55.2 Å². The van der Waals surface area contributed by atoms with Crippen molar-refractivity contribution in [2.75, 3.05) is 71.7 Å². The van der Waals surface area contributed by atoms with Gasteiger partial charge in [0.15, 0.2) is 22.2 Å². The molecule has 4 rings (SSSR count). The quantitative estimate of drug-likeness (QED) is 0.0240. The van der Waals surface area contributed by atoms with Crippen LogP contribution in [-0.4, -0.2) is 104 Å². The van der Waals surface area contributed by atoms with Crippen molar-refractivity contribution in [3.05, 3.63) is 102 Å². The van der Waals surface area contributed by atoms with Crippen LogP contribution < -0.4 is 4.90 Å². The summed E-state index contributed by atoms with van der Waals surface area (Å²) in [4.78, 5) is 50.5. The summed E-state index contributed by atoms with van der Waals surface area (Å²) in [5.74, 6) is -0.813. The molecule has 2 heterocycles. The number of anilines is 1. The molecule has 1 saturated heterocycles. The number of allylic oxidation sites excluding steroid dienone is 8. The molecule has 0 bridgehead atoms. The van der Waals surface area contributed by atoms with E-state index in [0.717, 1.165) is 38.9 Å². The molecule has 2 aliphatic rings. The Kier molecular flexibility index (Phi) is 23.8. The highest BCUT2D eigenvalue weighted by Gasteiger charge is 2.43. The summed E-state index contributed by atoms with van der Waals surface area (Å²) in [5.41, 5.74) is 4.27. The molecule has 1 fully saturated rings. The van der Waals surface area contributed by atoms with Crippen LogP contribution in [0.15, 0.2) is 105 Å². The molecule has 4 atom stereocenters. The highest BCUT2D eigenvalue weighted by molar-refractivity contribution is 7.94. The number of amides is 2. The monoisotopic (exact) mass is 987 g/mol. The van der Waals surface area contributed by atoms with Crippen LogP contribution in [0.4, 0.5) is 5.69 Å². The van der Waals surface area contributed by atoms with Gasteiger partial charge in [0, 0.05) is 113 Å². The van der Waals surface area contributed by atoms with Gasteiger partial charge in [0.05, 0.1) is 35.0 Å². The normalized spacial score (nSPS) is 19.2. The molecule has 18 heteroatoms. The van der Waals surface area contributed by atoms with Gasteiger partial charge in [0.2, 0.25) is 0 Å².